The van der Waals surface area contributed by atoms with Crippen molar-refractivity contribution < 1.29 is 5.11 Å². The van der Waals surface area contributed by atoms with Crippen LogP contribution in [0.5, 0.6) is 0 Å². The molecule has 10 heteroatoms. The number of hydrogen-bond donors (Lipinski definition) is 3. The van der Waals surface area contributed by atoms with Crippen LogP contribution < -0.4 is 10.6 Å². The van der Waals surface area contributed by atoms with E-state index in [2.05, 4.69) is 30.9 Å². The molecule has 29 heavy (non-hydrogen) atoms. The lowest BCUT2D eigenvalue weighted by Gasteiger charge is -2.20. The quantitative estimate of drug-likeness (QED) is 0.183. The topological polar surface area (TPSA) is 105 Å². The van der Waals surface area contributed by atoms with Crippen molar-refractivity contribution in [2.24, 2.45) is 12.0 Å². The average Bonchev–Trinajstić information content (AvgIpc) is 3.30. The molecule has 0 saturated heterocycles. The van der Waals surface area contributed by atoms with Crippen LogP contribution in [-0.2, 0) is 19.1 Å². The number of pyridine rings is 1. The summed E-state index contributed by atoms with van der Waals surface area (Å²) in [4.78, 5) is 4.53. The van der Waals surface area contributed by atoms with Crippen molar-refractivity contribution >= 4 is 35.6 Å². The second kappa shape index (κ2) is 10.5. The standard InChI is InChI=1S/C19H28N8O.HI/c1-4-20-18(22-14-19(2,28)15-12-23-26(3)13-15)21-10-7-9-17-25-24-16-8-5-6-11-27(16)17;/h5-6,8,11-13,28H,4,7,9-10,14H2,1-3H3,(H2,20,21,22);1H. The van der Waals surface area contributed by atoms with E-state index in [9.17, 15) is 5.11 Å². The van der Waals surface area contributed by atoms with Gasteiger partial charge in [-0.2, -0.15) is 5.10 Å². The van der Waals surface area contributed by atoms with Crippen molar-refractivity contribution in [3.63, 3.8) is 0 Å². The fraction of sp³-hybridized carbons (Fsp3) is 0.474. The highest BCUT2D eigenvalue weighted by molar-refractivity contribution is 14.0. The lowest BCUT2D eigenvalue weighted by molar-refractivity contribution is 0.0672. The maximum absolute atomic E-state index is 10.7. The zero-order chi connectivity index (χ0) is 20.0. The molecule has 0 spiro atoms. The van der Waals surface area contributed by atoms with Gasteiger partial charge in [-0.25, -0.2) is 4.99 Å². The number of aliphatic imine (C=N–C) groups is 1. The predicted octanol–water partition coefficient (Wildman–Crippen LogP) is 1.48. The minimum absolute atomic E-state index is 0. The maximum Gasteiger partial charge on any atom is 0.191 e. The molecule has 3 N–H and O–H groups in total. The molecule has 3 aromatic heterocycles. The van der Waals surface area contributed by atoms with E-state index in [4.69, 9.17) is 0 Å². The van der Waals surface area contributed by atoms with Crippen molar-refractivity contribution in [3.8, 4) is 0 Å². The number of aliphatic hydroxyl groups is 1. The molecule has 3 heterocycles. The number of guanidine groups is 1. The summed E-state index contributed by atoms with van der Waals surface area (Å²) in [6, 6.07) is 5.87. The molecule has 158 valence electrons. The Kier molecular flexibility index (Phi) is 8.38. The number of halogens is 1. The number of rotatable bonds is 8. The van der Waals surface area contributed by atoms with Crippen LogP contribution in [0.4, 0.5) is 0 Å². The number of fused-ring (bicyclic) bond motifs is 1. The van der Waals surface area contributed by atoms with Crippen molar-refractivity contribution in [3.05, 3.63) is 48.2 Å². The summed E-state index contributed by atoms with van der Waals surface area (Å²) in [6.07, 6.45) is 7.14. The molecule has 0 aliphatic heterocycles. The molecule has 0 aromatic carbocycles. The lowest BCUT2D eigenvalue weighted by Crippen LogP contribution is -2.39. The lowest BCUT2D eigenvalue weighted by atomic mass is 10.0. The van der Waals surface area contributed by atoms with Gasteiger partial charge in [0.2, 0.25) is 0 Å². The number of nitrogens with zero attached hydrogens (tertiary/aromatic N) is 6. The average molecular weight is 512 g/mol. The van der Waals surface area contributed by atoms with E-state index >= 15 is 0 Å². The number of aryl methyl sites for hydroxylation is 2. The van der Waals surface area contributed by atoms with Crippen LogP contribution >= 0.6 is 24.0 Å². The Bertz CT molecular complexity index is 933. The summed E-state index contributed by atoms with van der Waals surface area (Å²) in [7, 11) is 1.83. The van der Waals surface area contributed by atoms with Gasteiger partial charge in [-0.05, 0) is 32.4 Å². The monoisotopic (exact) mass is 512 g/mol. The van der Waals surface area contributed by atoms with E-state index in [0.717, 1.165) is 43.0 Å². The van der Waals surface area contributed by atoms with E-state index in [1.165, 1.54) is 0 Å². The summed E-state index contributed by atoms with van der Waals surface area (Å²) in [5.41, 5.74) is 0.531. The van der Waals surface area contributed by atoms with E-state index in [0.29, 0.717) is 5.96 Å². The van der Waals surface area contributed by atoms with Gasteiger partial charge in [0.1, 0.15) is 11.4 Å². The first-order valence-corrected chi connectivity index (χ1v) is 9.52. The first kappa shape index (κ1) is 23.1. The third kappa shape index (κ3) is 6.13. The van der Waals surface area contributed by atoms with Gasteiger partial charge in [-0.15, -0.1) is 34.2 Å². The van der Waals surface area contributed by atoms with Crippen molar-refractivity contribution in [2.45, 2.75) is 32.3 Å². The van der Waals surface area contributed by atoms with Crippen molar-refractivity contribution in [1.29, 1.82) is 0 Å². The minimum Gasteiger partial charge on any atom is -0.383 e. The minimum atomic E-state index is -1.07. The molecule has 0 aliphatic rings. The molecule has 9 nitrogen and oxygen atoms in total. The highest BCUT2D eigenvalue weighted by Gasteiger charge is 2.24. The van der Waals surface area contributed by atoms with Crippen LogP contribution in [0, 0.1) is 0 Å². The molecule has 1 unspecified atom stereocenters. The Morgan fingerprint density at radius 1 is 1.28 bits per heavy atom. The molecular formula is C19H29IN8O. The van der Waals surface area contributed by atoms with E-state index in [-0.39, 0.29) is 30.5 Å². The normalized spacial score (nSPS) is 13.7. The summed E-state index contributed by atoms with van der Waals surface area (Å²) in [5, 5.41) is 29.7. The van der Waals surface area contributed by atoms with Gasteiger partial charge >= 0.3 is 0 Å². The molecule has 1 atom stereocenters. The number of aromatic nitrogens is 5. The summed E-state index contributed by atoms with van der Waals surface area (Å²) >= 11 is 0. The Hall–Kier alpha value is -2.21. The third-order valence-corrected chi connectivity index (χ3v) is 4.47. The first-order chi connectivity index (χ1) is 13.5. The van der Waals surface area contributed by atoms with E-state index in [1.54, 1.807) is 24.0 Å². The van der Waals surface area contributed by atoms with Gasteiger partial charge in [0.25, 0.3) is 0 Å². The zero-order valence-electron chi connectivity index (χ0n) is 17.0. The van der Waals surface area contributed by atoms with Crippen molar-refractivity contribution in [2.75, 3.05) is 19.6 Å². The summed E-state index contributed by atoms with van der Waals surface area (Å²) in [5.74, 6) is 1.62. The highest BCUT2D eigenvalue weighted by atomic mass is 127. The van der Waals surface area contributed by atoms with Gasteiger partial charge in [0.05, 0.1) is 12.7 Å². The molecule has 0 bridgehead atoms. The molecular weight excluding hydrogens is 483 g/mol. The fourth-order valence-corrected chi connectivity index (χ4v) is 2.88. The molecule has 0 fully saturated rings. The van der Waals surface area contributed by atoms with Gasteiger partial charge in [0.15, 0.2) is 11.6 Å². The Labute approximate surface area is 187 Å². The largest absolute Gasteiger partial charge is 0.383 e. The van der Waals surface area contributed by atoms with Crippen LogP contribution in [-0.4, -0.2) is 55.1 Å². The molecule has 0 amide bonds. The highest BCUT2D eigenvalue weighted by Crippen LogP contribution is 2.19. The maximum atomic E-state index is 10.7. The van der Waals surface area contributed by atoms with Crippen LogP contribution in [0.2, 0.25) is 0 Å². The molecule has 0 aliphatic carbocycles. The summed E-state index contributed by atoms with van der Waals surface area (Å²) < 4.78 is 3.68. The number of hydrogen-bond acceptors (Lipinski definition) is 5. The van der Waals surface area contributed by atoms with Gasteiger partial charge < -0.3 is 15.7 Å². The molecule has 3 rings (SSSR count). The van der Waals surface area contributed by atoms with Crippen molar-refractivity contribution in [1.82, 2.24) is 35.0 Å². The van der Waals surface area contributed by atoms with Gasteiger partial charge in [-0.3, -0.25) is 9.08 Å². The van der Waals surface area contributed by atoms with Crippen LogP contribution in [0.25, 0.3) is 5.65 Å². The van der Waals surface area contributed by atoms with Gasteiger partial charge in [0, 0.05) is 44.5 Å². The van der Waals surface area contributed by atoms with E-state index in [1.807, 2.05) is 42.8 Å². The summed E-state index contributed by atoms with van der Waals surface area (Å²) in [6.45, 7) is 5.48. The van der Waals surface area contributed by atoms with Crippen LogP contribution in [0.15, 0.2) is 41.8 Å². The second-order valence-corrected chi connectivity index (χ2v) is 6.95. The number of nitrogens with one attached hydrogen (secondary N) is 2. The van der Waals surface area contributed by atoms with E-state index < -0.39 is 5.60 Å². The second-order valence-electron chi connectivity index (χ2n) is 6.95. The van der Waals surface area contributed by atoms with Gasteiger partial charge in [-0.1, -0.05) is 6.07 Å². The molecule has 0 radical (unpaired) electrons. The molecule has 3 aromatic rings. The SMILES string of the molecule is CCNC(=NCC(C)(O)c1cnn(C)c1)NCCCc1nnc2ccccn12.I. The Morgan fingerprint density at radius 2 is 2.10 bits per heavy atom. The fourth-order valence-electron chi connectivity index (χ4n) is 2.88. The smallest absolute Gasteiger partial charge is 0.191 e. The van der Waals surface area contributed by atoms with Crippen LogP contribution in [0.3, 0.4) is 0 Å². The zero-order valence-corrected chi connectivity index (χ0v) is 19.4. The first-order valence-electron chi connectivity index (χ1n) is 9.52. The third-order valence-electron chi connectivity index (χ3n) is 4.47. The Morgan fingerprint density at radius 3 is 2.83 bits per heavy atom. The molecule has 0 saturated carbocycles. The predicted molar refractivity (Wildman–Crippen MR) is 123 cm³/mol. The van der Waals surface area contributed by atoms with Crippen LogP contribution in [0.1, 0.15) is 31.7 Å². The Balaban J connectivity index is 0.00000300.